The molecule has 1 heterocycles. The summed E-state index contributed by atoms with van der Waals surface area (Å²) < 4.78 is 0. The van der Waals surface area contributed by atoms with Gasteiger partial charge in [0.15, 0.2) is 5.71 Å². The van der Waals surface area contributed by atoms with Crippen molar-refractivity contribution < 1.29 is 4.79 Å². The molecule has 0 radical (unpaired) electrons. The number of nitrogens with zero attached hydrogens (tertiary/aromatic N) is 4. The first kappa shape index (κ1) is 15.9. The summed E-state index contributed by atoms with van der Waals surface area (Å²) >= 11 is 0. The Labute approximate surface area is 141 Å². The van der Waals surface area contributed by atoms with Crippen LogP contribution in [0.15, 0.2) is 58.7 Å². The lowest BCUT2D eigenvalue weighted by Crippen LogP contribution is -2.29. The largest absolute Gasteiger partial charge is 0.378 e. The highest BCUT2D eigenvalue weighted by Gasteiger charge is 2.32. The van der Waals surface area contributed by atoms with Crippen LogP contribution in [0.4, 0.5) is 11.4 Å². The lowest BCUT2D eigenvalue weighted by Gasteiger charge is -2.12. The molecule has 1 amide bonds. The zero-order valence-electron chi connectivity index (χ0n) is 14.1. The predicted octanol–water partition coefficient (Wildman–Crippen LogP) is 2.94. The number of likely N-dealkylation sites (N-methyl/N-ethyl adjacent to an activating group) is 1. The Kier molecular flexibility index (Phi) is 4.42. The number of para-hydroxylation sites is 1. The lowest BCUT2D eigenvalue weighted by molar-refractivity contribution is -0.112. The van der Waals surface area contributed by atoms with Crippen LogP contribution in [0, 0.1) is 0 Å². The van der Waals surface area contributed by atoms with Gasteiger partial charge in [-0.15, -0.1) is 5.10 Å². The Morgan fingerprint density at radius 3 is 2.46 bits per heavy atom. The maximum atomic E-state index is 12.5. The van der Waals surface area contributed by atoms with Crippen molar-refractivity contribution in [3.63, 3.8) is 0 Å². The van der Waals surface area contributed by atoms with Gasteiger partial charge in [-0.1, -0.05) is 30.3 Å². The first-order valence-electron chi connectivity index (χ1n) is 7.91. The molecule has 0 fully saturated rings. The number of carbonyl (C=O) groups excluding carboxylic acids is 1. The SMILES string of the molecule is CCN1C(=O)/C(=N/N=C\c2ccc(N(C)C)cc2)c2ccccc21. The van der Waals surface area contributed by atoms with Crippen molar-refractivity contribution in [2.75, 3.05) is 30.4 Å². The number of benzene rings is 2. The summed E-state index contributed by atoms with van der Waals surface area (Å²) in [6.07, 6.45) is 1.66. The molecule has 5 heteroatoms. The van der Waals surface area contributed by atoms with E-state index in [0.717, 1.165) is 22.5 Å². The Hall–Kier alpha value is -2.95. The fourth-order valence-corrected chi connectivity index (χ4v) is 2.68. The number of anilines is 2. The van der Waals surface area contributed by atoms with Crippen LogP contribution in [-0.2, 0) is 4.79 Å². The Morgan fingerprint density at radius 2 is 1.79 bits per heavy atom. The zero-order valence-corrected chi connectivity index (χ0v) is 14.1. The molecule has 24 heavy (non-hydrogen) atoms. The predicted molar refractivity (Wildman–Crippen MR) is 99.4 cm³/mol. The molecule has 0 unspecified atom stereocenters. The van der Waals surface area contributed by atoms with Crippen LogP contribution in [0.3, 0.4) is 0 Å². The monoisotopic (exact) mass is 320 g/mol. The van der Waals surface area contributed by atoms with Gasteiger partial charge in [-0.2, -0.15) is 5.10 Å². The number of hydrogen-bond acceptors (Lipinski definition) is 4. The summed E-state index contributed by atoms with van der Waals surface area (Å²) in [7, 11) is 4.00. The molecule has 0 aromatic heterocycles. The van der Waals surface area contributed by atoms with E-state index in [1.54, 1.807) is 11.1 Å². The molecule has 1 aliphatic heterocycles. The topological polar surface area (TPSA) is 48.3 Å². The summed E-state index contributed by atoms with van der Waals surface area (Å²) in [5.41, 5.74) is 4.19. The van der Waals surface area contributed by atoms with Crippen LogP contribution in [-0.4, -0.2) is 38.5 Å². The van der Waals surface area contributed by atoms with Crippen molar-refractivity contribution in [1.82, 2.24) is 0 Å². The van der Waals surface area contributed by atoms with Gasteiger partial charge < -0.3 is 9.80 Å². The normalized spacial score (nSPS) is 15.4. The van der Waals surface area contributed by atoms with E-state index in [9.17, 15) is 4.79 Å². The molecule has 0 bridgehead atoms. The Bertz CT molecular complexity index is 806. The molecule has 1 aliphatic rings. The highest BCUT2D eigenvalue weighted by Crippen LogP contribution is 2.28. The first-order chi connectivity index (χ1) is 11.6. The second-order valence-electron chi connectivity index (χ2n) is 5.75. The van der Waals surface area contributed by atoms with Gasteiger partial charge in [-0.3, -0.25) is 4.79 Å². The maximum Gasteiger partial charge on any atom is 0.279 e. The number of rotatable bonds is 4. The average Bonchev–Trinajstić information content (AvgIpc) is 2.87. The maximum absolute atomic E-state index is 12.5. The molecule has 2 aromatic carbocycles. The fourth-order valence-electron chi connectivity index (χ4n) is 2.68. The highest BCUT2D eigenvalue weighted by atomic mass is 16.2. The third-order valence-electron chi connectivity index (χ3n) is 3.99. The van der Waals surface area contributed by atoms with Crippen molar-refractivity contribution in [1.29, 1.82) is 0 Å². The number of fused-ring (bicyclic) bond motifs is 1. The van der Waals surface area contributed by atoms with Crippen molar-refractivity contribution in [2.45, 2.75) is 6.92 Å². The van der Waals surface area contributed by atoms with Crippen molar-refractivity contribution in [2.24, 2.45) is 10.2 Å². The number of carbonyl (C=O) groups is 1. The van der Waals surface area contributed by atoms with Crippen LogP contribution in [0.1, 0.15) is 18.1 Å². The van der Waals surface area contributed by atoms with Crippen molar-refractivity contribution in [3.8, 4) is 0 Å². The second kappa shape index (κ2) is 6.66. The Morgan fingerprint density at radius 1 is 1.08 bits per heavy atom. The number of hydrogen-bond donors (Lipinski definition) is 0. The van der Waals surface area contributed by atoms with E-state index >= 15 is 0 Å². The fraction of sp³-hybridized carbons (Fsp3) is 0.211. The van der Waals surface area contributed by atoms with Crippen LogP contribution in [0.25, 0.3) is 0 Å². The van der Waals surface area contributed by atoms with E-state index in [4.69, 9.17) is 0 Å². The van der Waals surface area contributed by atoms with Gasteiger partial charge in [0.1, 0.15) is 0 Å². The summed E-state index contributed by atoms with van der Waals surface area (Å²) in [6.45, 7) is 2.57. The lowest BCUT2D eigenvalue weighted by atomic mass is 10.1. The quantitative estimate of drug-likeness (QED) is 0.642. The van der Waals surface area contributed by atoms with Gasteiger partial charge >= 0.3 is 0 Å². The van der Waals surface area contributed by atoms with E-state index in [1.807, 2.05) is 74.4 Å². The van der Waals surface area contributed by atoms with E-state index < -0.39 is 0 Å². The van der Waals surface area contributed by atoms with Gasteiger partial charge in [-0.05, 0) is 30.7 Å². The molecule has 0 spiro atoms. The highest BCUT2D eigenvalue weighted by molar-refractivity contribution is 6.54. The van der Waals surface area contributed by atoms with Gasteiger partial charge in [0.25, 0.3) is 5.91 Å². The molecule has 3 rings (SSSR count). The minimum atomic E-state index is -0.0983. The van der Waals surface area contributed by atoms with Gasteiger partial charge in [0.05, 0.1) is 11.9 Å². The van der Waals surface area contributed by atoms with Crippen LogP contribution >= 0.6 is 0 Å². The van der Waals surface area contributed by atoms with Crippen LogP contribution in [0.2, 0.25) is 0 Å². The third-order valence-corrected chi connectivity index (χ3v) is 3.99. The molecular weight excluding hydrogens is 300 g/mol. The van der Waals surface area contributed by atoms with Crippen molar-refractivity contribution in [3.05, 3.63) is 59.7 Å². The average molecular weight is 320 g/mol. The van der Waals surface area contributed by atoms with Crippen LogP contribution in [0.5, 0.6) is 0 Å². The number of amides is 1. The molecular formula is C19H20N4O. The summed E-state index contributed by atoms with van der Waals surface area (Å²) in [4.78, 5) is 16.2. The van der Waals surface area contributed by atoms with E-state index in [-0.39, 0.29) is 5.91 Å². The smallest absolute Gasteiger partial charge is 0.279 e. The molecule has 0 N–H and O–H groups in total. The minimum absolute atomic E-state index is 0.0983. The Balaban J connectivity index is 1.85. The molecule has 0 saturated carbocycles. The van der Waals surface area contributed by atoms with Gasteiger partial charge in [-0.25, -0.2) is 0 Å². The first-order valence-corrected chi connectivity index (χ1v) is 7.91. The van der Waals surface area contributed by atoms with E-state index in [2.05, 4.69) is 10.2 Å². The standard InChI is InChI=1S/C19H20N4O/c1-4-23-17-8-6-5-7-16(17)18(19(23)24)21-20-13-14-9-11-15(12-10-14)22(2)3/h5-13H,4H2,1-3H3/b20-13-,21-18+. The summed E-state index contributed by atoms with van der Waals surface area (Å²) in [6, 6.07) is 15.7. The van der Waals surface area contributed by atoms with Crippen LogP contribution < -0.4 is 9.80 Å². The molecule has 0 atom stereocenters. The minimum Gasteiger partial charge on any atom is -0.378 e. The zero-order chi connectivity index (χ0) is 17.1. The molecule has 0 saturated heterocycles. The van der Waals surface area contributed by atoms with E-state index in [1.165, 1.54) is 0 Å². The van der Waals surface area contributed by atoms with Gasteiger partial charge in [0, 0.05) is 31.9 Å². The summed E-state index contributed by atoms with van der Waals surface area (Å²) in [5, 5.41) is 8.30. The molecule has 0 aliphatic carbocycles. The van der Waals surface area contributed by atoms with Crippen molar-refractivity contribution >= 4 is 29.2 Å². The molecule has 5 nitrogen and oxygen atoms in total. The van der Waals surface area contributed by atoms with Gasteiger partial charge in [0.2, 0.25) is 0 Å². The molecule has 2 aromatic rings. The third kappa shape index (κ3) is 2.93. The second-order valence-corrected chi connectivity index (χ2v) is 5.75. The van der Waals surface area contributed by atoms with E-state index in [0.29, 0.717) is 12.3 Å². The summed E-state index contributed by atoms with van der Waals surface area (Å²) in [5.74, 6) is -0.0983. The molecule has 122 valence electrons.